The van der Waals surface area contributed by atoms with Gasteiger partial charge in [-0.25, -0.2) is 4.98 Å². The number of aliphatic imine (C=N–C) groups is 1. The Hall–Kier alpha value is -1.35. The molecule has 0 amide bonds. The molecular formula is C19H29IN4OS. The Morgan fingerprint density at radius 3 is 2.50 bits per heavy atom. The average molecular weight is 488 g/mol. The van der Waals surface area contributed by atoms with Crippen LogP contribution >= 0.6 is 35.3 Å². The second kappa shape index (κ2) is 12.1. The van der Waals surface area contributed by atoms with Crippen LogP contribution < -0.4 is 15.4 Å². The highest BCUT2D eigenvalue weighted by molar-refractivity contribution is 14.0. The lowest BCUT2D eigenvalue weighted by Gasteiger charge is -2.14. The molecule has 0 atom stereocenters. The van der Waals surface area contributed by atoms with Gasteiger partial charge in [-0.15, -0.1) is 35.3 Å². The SMILES string of the molecule is CCc1cnc(CCNC(=NC)NCCOc2c(C)cccc2C)s1.I. The van der Waals surface area contributed by atoms with Gasteiger partial charge in [-0.1, -0.05) is 25.1 Å². The molecule has 1 aromatic carbocycles. The summed E-state index contributed by atoms with van der Waals surface area (Å²) >= 11 is 1.78. The lowest BCUT2D eigenvalue weighted by molar-refractivity contribution is 0.317. The van der Waals surface area contributed by atoms with E-state index in [1.54, 1.807) is 18.4 Å². The third-order valence-corrected chi connectivity index (χ3v) is 5.06. The summed E-state index contributed by atoms with van der Waals surface area (Å²) in [6.45, 7) is 8.40. The Balaban J connectivity index is 0.00000338. The fraction of sp³-hybridized carbons (Fsp3) is 0.474. The van der Waals surface area contributed by atoms with E-state index in [1.165, 1.54) is 4.88 Å². The molecule has 0 fully saturated rings. The summed E-state index contributed by atoms with van der Waals surface area (Å²) in [6, 6.07) is 6.19. The first-order valence-corrected chi connectivity index (χ1v) is 9.52. The number of aromatic nitrogens is 1. The Kier molecular flexibility index (Phi) is 10.6. The van der Waals surface area contributed by atoms with E-state index in [1.807, 2.05) is 12.3 Å². The summed E-state index contributed by atoms with van der Waals surface area (Å²) in [7, 11) is 1.78. The van der Waals surface area contributed by atoms with E-state index >= 15 is 0 Å². The summed E-state index contributed by atoms with van der Waals surface area (Å²) in [5.41, 5.74) is 2.33. The summed E-state index contributed by atoms with van der Waals surface area (Å²) < 4.78 is 5.90. The minimum Gasteiger partial charge on any atom is -0.491 e. The van der Waals surface area contributed by atoms with Crippen LogP contribution in [0.4, 0.5) is 0 Å². The van der Waals surface area contributed by atoms with Crippen LogP contribution in [-0.2, 0) is 12.8 Å². The molecule has 0 aliphatic carbocycles. The number of nitrogens with zero attached hydrogens (tertiary/aromatic N) is 2. The van der Waals surface area contributed by atoms with Crippen LogP contribution in [0.3, 0.4) is 0 Å². The van der Waals surface area contributed by atoms with E-state index < -0.39 is 0 Å². The molecule has 0 bridgehead atoms. The number of para-hydroxylation sites is 1. The van der Waals surface area contributed by atoms with E-state index in [9.17, 15) is 0 Å². The number of thiazole rings is 1. The quantitative estimate of drug-likeness (QED) is 0.257. The molecule has 0 saturated carbocycles. The maximum absolute atomic E-state index is 5.90. The van der Waals surface area contributed by atoms with Crippen LogP contribution in [-0.4, -0.2) is 37.7 Å². The minimum atomic E-state index is 0. The van der Waals surface area contributed by atoms with Gasteiger partial charge in [-0.2, -0.15) is 0 Å². The first-order chi connectivity index (χ1) is 12.1. The van der Waals surface area contributed by atoms with Crippen molar-refractivity contribution in [1.82, 2.24) is 15.6 Å². The summed E-state index contributed by atoms with van der Waals surface area (Å²) in [4.78, 5) is 10.0. The van der Waals surface area contributed by atoms with Gasteiger partial charge in [0.25, 0.3) is 0 Å². The van der Waals surface area contributed by atoms with Gasteiger partial charge in [-0.3, -0.25) is 4.99 Å². The maximum atomic E-state index is 5.90. The van der Waals surface area contributed by atoms with E-state index in [4.69, 9.17) is 4.74 Å². The van der Waals surface area contributed by atoms with Gasteiger partial charge in [0.2, 0.25) is 0 Å². The van der Waals surface area contributed by atoms with Crippen LogP contribution in [0.5, 0.6) is 5.75 Å². The molecule has 0 unspecified atom stereocenters. The number of ether oxygens (including phenoxy) is 1. The Bertz CT molecular complexity index is 682. The number of halogens is 1. The van der Waals surface area contributed by atoms with Crippen LogP contribution in [0.2, 0.25) is 0 Å². The Morgan fingerprint density at radius 1 is 1.19 bits per heavy atom. The highest BCUT2D eigenvalue weighted by Crippen LogP contribution is 2.21. The van der Waals surface area contributed by atoms with Crippen molar-refractivity contribution in [2.24, 2.45) is 4.99 Å². The van der Waals surface area contributed by atoms with Crippen molar-refractivity contribution in [2.45, 2.75) is 33.6 Å². The zero-order chi connectivity index (χ0) is 18.1. The first-order valence-electron chi connectivity index (χ1n) is 8.71. The molecule has 0 aliphatic heterocycles. The highest BCUT2D eigenvalue weighted by atomic mass is 127. The molecule has 1 aromatic heterocycles. The molecule has 7 heteroatoms. The summed E-state index contributed by atoms with van der Waals surface area (Å²) in [5.74, 6) is 1.76. The lowest BCUT2D eigenvalue weighted by Crippen LogP contribution is -2.40. The van der Waals surface area contributed by atoms with Gasteiger partial charge in [0.05, 0.1) is 11.6 Å². The molecule has 144 valence electrons. The molecule has 1 heterocycles. The lowest BCUT2D eigenvalue weighted by atomic mass is 10.1. The van der Waals surface area contributed by atoms with Crippen molar-refractivity contribution >= 4 is 41.3 Å². The predicted molar refractivity (Wildman–Crippen MR) is 121 cm³/mol. The van der Waals surface area contributed by atoms with E-state index in [-0.39, 0.29) is 24.0 Å². The Labute approximate surface area is 177 Å². The molecule has 2 aromatic rings. The molecule has 5 nitrogen and oxygen atoms in total. The van der Waals surface area contributed by atoms with Crippen molar-refractivity contribution in [2.75, 3.05) is 26.7 Å². The molecule has 0 radical (unpaired) electrons. The number of hydrogen-bond donors (Lipinski definition) is 2. The number of rotatable bonds is 8. The van der Waals surface area contributed by atoms with Crippen LogP contribution in [0.1, 0.15) is 27.9 Å². The molecule has 0 saturated heterocycles. The molecule has 0 spiro atoms. The van der Waals surface area contributed by atoms with Crippen LogP contribution in [0.15, 0.2) is 29.4 Å². The Morgan fingerprint density at radius 2 is 1.88 bits per heavy atom. The van der Waals surface area contributed by atoms with Crippen LogP contribution in [0.25, 0.3) is 0 Å². The number of aryl methyl sites for hydroxylation is 3. The maximum Gasteiger partial charge on any atom is 0.191 e. The monoisotopic (exact) mass is 488 g/mol. The van der Waals surface area contributed by atoms with Gasteiger partial charge < -0.3 is 15.4 Å². The van der Waals surface area contributed by atoms with E-state index in [2.05, 4.69) is 53.5 Å². The zero-order valence-corrected chi connectivity index (χ0v) is 19.1. The summed E-state index contributed by atoms with van der Waals surface area (Å²) in [5, 5.41) is 7.76. The summed E-state index contributed by atoms with van der Waals surface area (Å²) in [6.07, 6.45) is 3.93. The zero-order valence-electron chi connectivity index (χ0n) is 16.0. The molecule has 2 rings (SSSR count). The van der Waals surface area contributed by atoms with Crippen molar-refractivity contribution in [1.29, 1.82) is 0 Å². The van der Waals surface area contributed by atoms with Gasteiger partial charge in [0, 0.05) is 31.1 Å². The highest BCUT2D eigenvalue weighted by Gasteiger charge is 2.04. The topological polar surface area (TPSA) is 58.5 Å². The van der Waals surface area contributed by atoms with Crippen LogP contribution in [0, 0.1) is 13.8 Å². The second-order valence-corrected chi connectivity index (χ2v) is 7.02. The van der Waals surface area contributed by atoms with E-state index in [0.717, 1.165) is 47.2 Å². The van der Waals surface area contributed by atoms with Crippen molar-refractivity contribution < 1.29 is 4.74 Å². The normalized spacial score (nSPS) is 11.0. The second-order valence-electron chi connectivity index (χ2n) is 5.82. The number of benzene rings is 1. The number of guanidine groups is 1. The molecule has 0 aliphatic rings. The average Bonchev–Trinajstić information content (AvgIpc) is 3.07. The fourth-order valence-corrected chi connectivity index (χ4v) is 3.35. The van der Waals surface area contributed by atoms with Crippen molar-refractivity contribution in [3.63, 3.8) is 0 Å². The van der Waals surface area contributed by atoms with E-state index in [0.29, 0.717) is 13.2 Å². The standard InChI is InChI=1S/C19H28N4OS.HI/c1-5-16-13-23-17(25-16)9-10-21-19(20-4)22-11-12-24-18-14(2)7-6-8-15(18)3;/h6-8,13H,5,9-12H2,1-4H3,(H2,20,21,22);1H. The van der Waals surface area contributed by atoms with Crippen molar-refractivity contribution in [3.8, 4) is 5.75 Å². The fourth-order valence-electron chi connectivity index (χ4n) is 2.48. The number of hydrogen-bond acceptors (Lipinski definition) is 4. The van der Waals surface area contributed by atoms with Crippen molar-refractivity contribution in [3.05, 3.63) is 45.4 Å². The van der Waals surface area contributed by atoms with Gasteiger partial charge in [0.15, 0.2) is 5.96 Å². The molecule has 2 N–H and O–H groups in total. The van der Waals surface area contributed by atoms with Gasteiger partial charge in [-0.05, 0) is 31.4 Å². The largest absolute Gasteiger partial charge is 0.491 e. The van der Waals surface area contributed by atoms with Gasteiger partial charge in [0.1, 0.15) is 12.4 Å². The third kappa shape index (κ3) is 7.11. The molecular weight excluding hydrogens is 459 g/mol. The minimum absolute atomic E-state index is 0. The first kappa shape index (κ1) is 22.7. The number of nitrogens with one attached hydrogen (secondary N) is 2. The predicted octanol–water partition coefficient (Wildman–Crippen LogP) is 3.73. The van der Waals surface area contributed by atoms with Gasteiger partial charge >= 0.3 is 0 Å². The third-order valence-electron chi connectivity index (χ3n) is 3.85. The molecule has 26 heavy (non-hydrogen) atoms. The smallest absolute Gasteiger partial charge is 0.191 e.